The number of nitrogens with zero attached hydrogens (tertiary/aromatic N) is 3. The molecule has 1 heterocycles. The van der Waals surface area contributed by atoms with Gasteiger partial charge in [0.05, 0.1) is 0 Å². The van der Waals surface area contributed by atoms with Gasteiger partial charge in [0.15, 0.2) is 0 Å². The summed E-state index contributed by atoms with van der Waals surface area (Å²) in [7, 11) is 3.94. The summed E-state index contributed by atoms with van der Waals surface area (Å²) in [5.41, 5.74) is 0. The molecule has 1 aromatic rings. The van der Waals surface area contributed by atoms with Crippen molar-refractivity contribution in [1.82, 2.24) is 20.1 Å². The highest BCUT2D eigenvalue weighted by atomic mass is 32.2. The van der Waals surface area contributed by atoms with E-state index in [1.165, 1.54) is 12.2 Å². The van der Waals surface area contributed by atoms with E-state index in [9.17, 15) is 0 Å². The standard InChI is InChI=1S/C9H18N4S/c1-10-8(4-5-14-3)6-9-11-7-12-13(9)2/h7-8,10H,4-6H2,1-3H3. The van der Waals surface area contributed by atoms with Crippen LogP contribution in [0.25, 0.3) is 0 Å². The van der Waals surface area contributed by atoms with Crippen LogP contribution in [0.4, 0.5) is 0 Å². The predicted molar refractivity (Wildman–Crippen MR) is 60.6 cm³/mol. The molecule has 5 heteroatoms. The molecule has 14 heavy (non-hydrogen) atoms. The zero-order chi connectivity index (χ0) is 10.4. The van der Waals surface area contributed by atoms with Gasteiger partial charge in [-0.1, -0.05) is 0 Å². The summed E-state index contributed by atoms with van der Waals surface area (Å²) in [5.74, 6) is 2.23. The molecule has 0 aliphatic rings. The van der Waals surface area contributed by atoms with Crippen molar-refractivity contribution in [1.29, 1.82) is 0 Å². The number of thioether (sulfide) groups is 1. The Labute approximate surface area is 89.5 Å². The highest BCUT2D eigenvalue weighted by molar-refractivity contribution is 7.98. The van der Waals surface area contributed by atoms with Crippen molar-refractivity contribution in [3.63, 3.8) is 0 Å². The molecular weight excluding hydrogens is 196 g/mol. The van der Waals surface area contributed by atoms with Gasteiger partial charge in [0, 0.05) is 19.5 Å². The number of aromatic nitrogens is 3. The van der Waals surface area contributed by atoms with Gasteiger partial charge in [0.25, 0.3) is 0 Å². The van der Waals surface area contributed by atoms with Gasteiger partial charge in [0.1, 0.15) is 12.2 Å². The summed E-state index contributed by atoms with van der Waals surface area (Å²) in [4.78, 5) is 4.22. The Kier molecular flexibility index (Phi) is 4.97. The van der Waals surface area contributed by atoms with Gasteiger partial charge in [-0.05, 0) is 25.5 Å². The molecule has 0 saturated heterocycles. The lowest BCUT2D eigenvalue weighted by Gasteiger charge is -2.14. The third-order valence-corrected chi connectivity index (χ3v) is 2.96. The lowest BCUT2D eigenvalue weighted by molar-refractivity contribution is 0.519. The first-order valence-corrected chi connectivity index (χ1v) is 6.16. The minimum absolute atomic E-state index is 0.505. The van der Waals surface area contributed by atoms with Gasteiger partial charge in [-0.2, -0.15) is 16.9 Å². The summed E-state index contributed by atoms with van der Waals surface area (Å²) in [6.07, 6.45) is 5.86. The first-order chi connectivity index (χ1) is 6.77. The highest BCUT2D eigenvalue weighted by Gasteiger charge is 2.09. The average Bonchev–Trinajstić information content (AvgIpc) is 2.59. The largest absolute Gasteiger partial charge is 0.317 e. The molecule has 0 aliphatic heterocycles. The van der Waals surface area contributed by atoms with Crippen LogP contribution >= 0.6 is 11.8 Å². The van der Waals surface area contributed by atoms with E-state index in [4.69, 9.17) is 0 Å². The van der Waals surface area contributed by atoms with Crippen molar-refractivity contribution in [3.05, 3.63) is 12.2 Å². The lowest BCUT2D eigenvalue weighted by Crippen LogP contribution is -2.29. The zero-order valence-corrected chi connectivity index (χ0v) is 9.84. The van der Waals surface area contributed by atoms with Crippen molar-refractivity contribution in [2.45, 2.75) is 18.9 Å². The monoisotopic (exact) mass is 214 g/mol. The van der Waals surface area contributed by atoms with Gasteiger partial charge in [-0.25, -0.2) is 4.98 Å². The molecule has 1 aromatic heterocycles. The van der Waals surface area contributed by atoms with Crippen LogP contribution in [0, 0.1) is 0 Å². The molecule has 0 spiro atoms. The van der Waals surface area contributed by atoms with Crippen molar-refractivity contribution < 1.29 is 0 Å². The van der Waals surface area contributed by atoms with E-state index in [1.54, 1.807) is 6.33 Å². The summed E-state index contributed by atoms with van der Waals surface area (Å²) >= 11 is 1.88. The fraction of sp³-hybridized carbons (Fsp3) is 0.778. The Balaban J connectivity index is 2.44. The smallest absolute Gasteiger partial charge is 0.138 e. The molecule has 0 fully saturated rings. The second-order valence-corrected chi connectivity index (χ2v) is 4.26. The van der Waals surface area contributed by atoms with Crippen molar-refractivity contribution in [2.24, 2.45) is 7.05 Å². The third-order valence-electron chi connectivity index (χ3n) is 2.31. The van der Waals surface area contributed by atoms with E-state index < -0.39 is 0 Å². The van der Waals surface area contributed by atoms with Crippen LogP contribution in [0.1, 0.15) is 12.2 Å². The quantitative estimate of drug-likeness (QED) is 0.757. The van der Waals surface area contributed by atoms with Crippen molar-refractivity contribution in [2.75, 3.05) is 19.1 Å². The Hall–Kier alpha value is -0.550. The SMILES string of the molecule is CNC(CCSC)Cc1ncnn1C. The fourth-order valence-electron chi connectivity index (χ4n) is 1.33. The minimum Gasteiger partial charge on any atom is -0.317 e. The van der Waals surface area contributed by atoms with Gasteiger partial charge < -0.3 is 5.32 Å². The normalized spacial score (nSPS) is 13.1. The molecule has 1 N–H and O–H groups in total. The van der Waals surface area contributed by atoms with Crippen LogP contribution in [-0.4, -0.2) is 39.9 Å². The topological polar surface area (TPSA) is 42.7 Å². The zero-order valence-electron chi connectivity index (χ0n) is 9.03. The first kappa shape index (κ1) is 11.5. The summed E-state index contributed by atoms with van der Waals surface area (Å²) in [5, 5.41) is 7.36. The molecule has 4 nitrogen and oxygen atoms in total. The highest BCUT2D eigenvalue weighted by Crippen LogP contribution is 2.05. The number of hydrogen-bond acceptors (Lipinski definition) is 4. The van der Waals surface area contributed by atoms with Crippen molar-refractivity contribution in [3.8, 4) is 0 Å². The molecule has 1 unspecified atom stereocenters. The minimum atomic E-state index is 0.505. The second kappa shape index (κ2) is 6.03. The Bertz CT molecular complexity index is 261. The Morgan fingerprint density at radius 2 is 2.43 bits per heavy atom. The van der Waals surface area contributed by atoms with Gasteiger partial charge in [-0.15, -0.1) is 0 Å². The summed E-state index contributed by atoms with van der Waals surface area (Å²) in [6.45, 7) is 0. The average molecular weight is 214 g/mol. The summed E-state index contributed by atoms with van der Waals surface area (Å²) in [6, 6.07) is 0.505. The molecule has 0 aromatic carbocycles. The van der Waals surface area contributed by atoms with Crippen LogP contribution < -0.4 is 5.32 Å². The van der Waals surface area contributed by atoms with Crippen LogP contribution in [0.5, 0.6) is 0 Å². The van der Waals surface area contributed by atoms with E-state index in [0.29, 0.717) is 6.04 Å². The molecule has 0 saturated carbocycles. The fourth-order valence-corrected chi connectivity index (χ4v) is 1.85. The van der Waals surface area contributed by atoms with Crippen LogP contribution in [0.2, 0.25) is 0 Å². The molecule has 0 aliphatic carbocycles. The number of nitrogens with one attached hydrogen (secondary N) is 1. The van der Waals surface area contributed by atoms with E-state index in [0.717, 1.165) is 12.2 Å². The molecular formula is C9H18N4S. The molecule has 80 valence electrons. The van der Waals surface area contributed by atoms with E-state index in [-0.39, 0.29) is 0 Å². The second-order valence-electron chi connectivity index (χ2n) is 3.27. The number of aryl methyl sites for hydroxylation is 1. The van der Waals surface area contributed by atoms with Crippen LogP contribution in [-0.2, 0) is 13.5 Å². The van der Waals surface area contributed by atoms with E-state index in [2.05, 4.69) is 21.7 Å². The maximum Gasteiger partial charge on any atom is 0.138 e. The predicted octanol–water partition coefficient (Wildman–Crippen LogP) is 0.699. The number of hydrogen-bond donors (Lipinski definition) is 1. The maximum absolute atomic E-state index is 4.22. The molecule has 0 radical (unpaired) electrons. The maximum atomic E-state index is 4.22. The molecule has 1 rings (SSSR count). The van der Waals surface area contributed by atoms with E-state index in [1.807, 2.05) is 30.5 Å². The van der Waals surface area contributed by atoms with Crippen LogP contribution in [0.15, 0.2) is 6.33 Å². The first-order valence-electron chi connectivity index (χ1n) is 4.77. The lowest BCUT2D eigenvalue weighted by atomic mass is 10.1. The van der Waals surface area contributed by atoms with Gasteiger partial charge in [-0.3, -0.25) is 4.68 Å². The number of rotatable bonds is 6. The third kappa shape index (κ3) is 3.31. The van der Waals surface area contributed by atoms with Gasteiger partial charge >= 0.3 is 0 Å². The molecule has 0 amide bonds. The van der Waals surface area contributed by atoms with Crippen molar-refractivity contribution >= 4 is 11.8 Å². The van der Waals surface area contributed by atoms with E-state index >= 15 is 0 Å². The number of likely N-dealkylation sites (N-methyl/N-ethyl adjacent to an activating group) is 1. The van der Waals surface area contributed by atoms with Gasteiger partial charge in [0.2, 0.25) is 0 Å². The van der Waals surface area contributed by atoms with Crippen LogP contribution in [0.3, 0.4) is 0 Å². The molecule has 1 atom stereocenters. The molecule has 0 bridgehead atoms. The summed E-state index contributed by atoms with van der Waals surface area (Å²) < 4.78 is 1.84. The Morgan fingerprint density at radius 3 is 2.93 bits per heavy atom. The Morgan fingerprint density at radius 1 is 1.64 bits per heavy atom.